The Hall–Kier alpha value is -2.12. The zero-order valence-corrected chi connectivity index (χ0v) is 12.5. The quantitative estimate of drug-likeness (QED) is 0.653. The van der Waals surface area contributed by atoms with Crippen LogP contribution in [0.1, 0.15) is 31.9 Å². The summed E-state index contributed by atoms with van der Waals surface area (Å²) in [7, 11) is 1.64. The number of likely N-dealkylation sites (tertiary alicyclic amines) is 1. The van der Waals surface area contributed by atoms with Crippen molar-refractivity contribution in [1.82, 2.24) is 14.7 Å². The van der Waals surface area contributed by atoms with Crippen molar-refractivity contribution < 1.29 is 9.72 Å². The van der Waals surface area contributed by atoms with Gasteiger partial charge in [-0.05, 0) is 25.7 Å². The van der Waals surface area contributed by atoms with E-state index < -0.39 is 4.92 Å². The summed E-state index contributed by atoms with van der Waals surface area (Å²) < 4.78 is 1.43. The van der Waals surface area contributed by atoms with Crippen LogP contribution in [0.2, 0.25) is 0 Å². The summed E-state index contributed by atoms with van der Waals surface area (Å²) in [6, 6.07) is 0. The molecule has 8 nitrogen and oxygen atoms in total. The lowest BCUT2D eigenvalue weighted by Crippen LogP contribution is -2.39. The molecule has 8 heteroatoms. The Morgan fingerprint density at radius 3 is 2.62 bits per heavy atom. The highest BCUT2D eigenvalue weighted by molar-refractivity contribution is 5.81. The van der Waals surface area contributed by atoms with Gasteiger partial charge in [0.25, 0.3) is 0 Å². The number of rotatable bonds is 5. The molecular formula is C13H21N5O3. The third kappa shape index (κ3) is 3.32. The number of carbonyl (C=O) groups excluding carboxylic acids is 1. The minimum absolute atomic E-state index is 0.0248. The molecule has 0 saturated carbocycles. The number of piperidine rings is 1. The zero-order chi connectivity index (χ0) is 15.4. The molecular weight excluding hydrogens is 274 g/mol. The number of carbonyl (C=O) groups is 1. The van der Waals surface area contributed by atoms with Gasteiger partial charge in [-0.2, -0.15) is 5.10 Å². The van der Waals surface area contributed by atoms with E-state index >= 15 is 0 Å². The van der Waals surface area contributed by atoms with Gasteiger partial charge >= 0.3 is 5.69 Å². The van der Waals surface area contributed by atoms with Crippen molar-refractivity contribution in [3.05, 3.63) is 15.8 Å². The van der Waals surface area contributed by atoms with Crippen molar-refractivity contribution in [3.63, 3.8) is 0 Å². The summed E-state index contributed by atoms with van der Waals surface area (Å²) in [6.07, 6.45) is 3.69. The number of nitrogens with zero attached hydrogens (tertiary/aromatic N) is 4. The molecule has 1 aliphatic heterocycles. The molecule has 1 aromatic heterocycles. The summed E-state index contributed by atoms with van der Waals surface area (Å²) in [4.78, 5) is 24.6. The van der Waals surface area contributed by atoms with Gasteiger partial charge in [-0.25, -0.2) is 4.68 Å². The van der Waals surface area contributed by atoms with E-state index in [1.54, 1.807) is 11.9 Å². The molecule has 0 radical (unpaired) electrons. The van der Waals surface area contributed by atoms with Crippen LogP contribution in [0, 0.1) is 10.1 Å². The predicted molar refractivity (Wildman–Crippen MR) is 78.2 cm³/mol. The lowest BCUT2D eigenvalue weighted by molar-refractivity contribution is -0.384. The average molecular weight is 295 g/mol. The fraction of sp³-hybridized carbons (Fsp3) is 0.692. The molecule has 1 aliphatic rings. The summed E-state index contributed by atoms with van der Waals surface area (Å²) in [5.74, 6) is 0.269. The third-order valence-electron chi connectivity index (χ3n) is 3.73. The first-order chi connectivity index (χ1) is 10.0. The van der Waals surface area contributed by atoms with Gasteiger partial charge in [-0.3, -0.25) is 14.9 Å². The average Bonchev–Trinajstić information content (AvgIpc) is 2.81. The van der Waals surface area contributed by atoms with Gasteiger partial charge in [0.05, 0.1) is 11.5 Å². The van der Waals surface area contributed by atoms with E-state index in [0.29, 0.717) is 17.9 Å². The standard InChI is InChI=1S/C13H21N5O3/c1-3-10-12(18(20)21)13(16(2)15-10)14-9-11(19)17-7-5-4-6-8-17/h14H,3-9H2,1-2H3. The summed E-state index contributed by atoms with van der Waals surface area (Å²) in [5.41, 5.74) is 0.391. The van der Waals surface area contributed by atoms with Gasteiger partial charge in [0, 0.05) is 20.1 Å². The van der Waals surface area contributed by atoms with Gasteiger partial charge in [-0.15, -0.1) is 0 Å². The summed E-state index contributed by atoms with van der Waals surface area (Å²) >= 11 is 0. The maximum absolute atomic E-state index is 12.1. The van der Waals surface area contributed by atoms with Crippen LogP contribution < -0.4 is 5.32 Å². The van der Waals surface area contributed by atoms with Gasteiger partial charge in [0.2, 0.25) is 11.7 Å². The van der Waals surface area contributed by atoms with Gasteiger partial charge < -0.3 is 10.2 Å². The van der Waals surface area contributed by atoms with Crippen LogP contribution in [0.5, 0.6) is 0 Å². The lowest BCUT2D eigenvalue weighted by atomic mass is 10.1. The maximum Gasteiger partial charge on any atom is 0.333 e. The zero-order valence-electron chi connectivity index (χ0n) is 12.5. The van der Waals surface area contributed by atoms with Crippen molar-refractivity contribution in [2.75, 3.05) is 25.0 Å². The second-order valence-electron chi connectivity index (χ2n) is 5.17. The second-order valence-corrected chi connectivity index (χ2v) is 5.17. The molecule has 1 amide bonds. The number of amides is 1. The van der Waals surface area contributed by atoms with E-state index in [2.05, 4.69) is 10.4 Å². The maximum atomic E-state index is 12.1. The SMILES string of the molecule is CCc1nn(C)c(NCC(=O)N2CCCCC2)c1[N+](=O)[O-]. The second kappa shape index (κ2) is 6.55. The van der Waals surface area contributed by atoms with Gasteiger partial charge in [0.1, 0.15) is 5.69 Å². The first-order valence-electron chi connectivity index (χ1n) is 7.26. The first-order valence-corrected chi connectivity index (χ1v) is 7.26. The molecule has 21 heavy (non-hydrogen) atoms. The Morgan fingerprint density at radius 1 is 1.38 bits per heavy atom. The van der Waals surface area contributed by atoms with Crippen LogP contribution in [-0.4, -0.2) is 45.1 Å². The smallest absolute Gasteiger partial charge is 0.333 e. The van der Waals surface area contributed by atoms with E-state index in [-0.39, 0.29) is 18.1 Å². The highest BCUT2D eigenvalue weighted by Gasteiger charge is 2.26. The molecule has 0 spiro atoms. The number of hydrogen-bond donors (Lipinski definition) is 1. The lowest BCUT2D eigenvalue weighted by Gasteiger charge is -2.26. The van der Waals surface area contributed by atoms with Crippen LogP contribution >= 0.6 is 0 Å². The molecule has 1 N–H and O–H groups in total. The molecule has 1 fully saturated rings. The molecule has 0 aliphatic carbocycles. The number of aryl methyl sites for hydroxylation is 2. The molecule has 1 saturated heterocycles. The Bertz CT molecular complexity index is 534. The minimum Gasteiger partial charge on any atom is -0.355 e. The highest BCUT2D eigenvalue weighted by Crippen LogP contribution is 2.28. The molecule has 0 unspecified atom stereocenters. The van der Waals surface area contributed by atoms with Crippen LogP contribution in [0.25, 0.3) is 0 Å². The normalized spacial score (nSPS) is 15.0. The van der Waals surface area contributed by atoms with Crippen LogP contribution in [-0.2, 0) is 18.3 Å². The monoisotopic (exact) mass is 295 g/mol. The van der Waals surface area contributed by atoms with Crippen LogP contribution in [0.3, 0.4) is 0 Å². The number of anilines is 1. The Morgan fingerprint density at radius 2 is 2.05 bits per heavy atom. The molecule has 2 heterocycles. The molecule has 2 rings (SSSR count). The van der Waals surface area contributed by atoms with E-state index in [1.807, 2.05) is 6.92 Å². The third-order valence-corrected chi connectivity index (χ3v) is 3.73. The minimum atomic E-state index is -0.445. The van der Waals surface area contributed by atoms with Crippen LogP contribution in [0.15, 0.2) is 0 Å². The fourth-order valence-corrected chi connectivity index (χ4v) is 2.61. The van der Waals surface area contributed by atoms with Gasteiger partial charge in [0.15, 0.2) is 0 Å². The number of nitrogens with one attached hydrogen (secondary N) is 1. The molecule has 0 atom stereocenters. The summed E-state index contributed by atoms with van der Waals surface area (Å²) in [6.45, 7) is 3.42. The number of nitro groups is 1. The van der Waals surface area contributed by atoms with Crippen molar-refractivity contribution in [2.45, 2.75) is 32.6 Å². The van der Waals surface area contributed by atoms with Crippen molar-refractivity contribution in [3.8, 4) is 0 Å². The molecule has 1 aromatic rings. The van der Waals surface area contributed by atoms with Gasteiger partial charge in [-0.1, -0.05) is 6.92 Å². The topological polar surface area (TPSA) is 93.3 Å². The Kier molecular flexibility index (Phi) is 4.77. The first kappa shape index (κ1) is 15.3. The largest absolute Gasteiger partial charge is 0.355 e. The van der Waals surface area contributed by atoms with E-state index in [0.717, 1.165) is 32.4 Å². The number of hydrogen-bond acceptors (Lipinski definition) is 5. The Balaban J connectivity index is 2.07. The van der Waals surface area contributed by atoms with E-state index in [9.17, 15) is 14.9 Å². The van der Waals surface area contributed by atoms with E-state index in [4.69, 9.17) is 0 Å². The predicted octanol–water partition coefficient (Wildman–Crippen LogP) is 1.32. The molecule has 116 valence electrons. The van der Waals surface area contributed by atoms with Crippen molar-refractivity contribution >= 4 is 17.4 Å². The van der Waals surface area contributed by atoms with Crippen LogP contribution in [0.4, 0.5) is 11.5 Å². The summed E-state index contributed by atoms with van der Waals surface area (Å²) in [5, 5.41) is 18.2. The van der Waals surface area contributed by atoms with Crippen molar-refractivity contribution in [1.29, 1.82) is 0 Å². The fourth-order valence-electron chi connectivity index (χ4n) is 2.61. The Labute approximate surface area is 123 Å². The molecule has 0 bridgehead atoms. The number of aromatic nitrogens is 2. The van der Waals surface area contributed by atoms with E-state index in [1.165, 1.54) is 4.68 Å². The van der Waals surface area contributed by atoms with Crippen molar-refractivity contribution in [2.24, 2.45) is 7.05 Å². The highest BCUT2D eigenvalue weighted by atomic mass is 16.6. The molecule has 0 aromatic carbocycles.